The van der Waals surface area contributed by atoms with Crippen LogP contribution in [0, 0.1) is 18.3 Å². The Labute approximate surface area is 140 Å². The van der Waals surface area contributed by atoms with Crippen LogP contribution in [-0.4, -0.2) is 16.3 Å². The molecule has 2 aromatic carbocycles. The monoisotopic (exact) mass is 319 g/mol. The summed E-state index contributed by atoms with van der Waals surface area (Å²) < 4.78 is 13.2. The molecule has 5 nitrogen and oxygen atoms in total. The van der Waals surface area contributed by atoms with Gasteiger partial charge in [-0.15, -0.1) is 0 Å². The molecule has 1 aliphatic rings. The van der Waals surface area contributed by atoms with E-state index in [4.69, 9.17) is 19.7 Å². The maximum atomic E-state index is 8.85. The molecule has 0 N–H and O–H groups in total. The molecule has 1 aliphatic heterocycles. The second-order valence-corrected chi connectivity index (χ2v) is 5.86. The van der Waals surface area contributed by atoms with E-state index in [9.17, 15) is 0 Å². The van der Waals surface area contributed by atoms with Crippen LogP contribution in [0.2, 0.25) is 0 Å². The lowest BCUT2D eigenvalue weighted by molar-refractivity contribution is 0.174. The average molecular weight is 319 g/mol. The minimum Gasteiger partial charge on any atom is -0.454 e. The number of nitrogens with zero attached hydrogens (tertiary/aromatic N) is 3. The van der Waals surface area contributed by atoms with Crippen molar-refractivity contribution >= 4 is 11.0 Å². The van der Waals surface area contributed by atoms with Crippen LogP contribution in [0.3, 0.4) is 0 Å². The van der Waals surface area contributed by atoms with Crippen LogP contribution in [0.4, 0.5) is 0 Å². The van der Waals surface area contributed by atoms with E-state index in [-0.39, 0.29) is 6.79 Å². The van der Waals surface area contributed by atoms with E-state index in [1.807, 2.05) is 24.3 Å². The molecule has 0 fully saturated rings. The minimum absolute atomic E-state index is 0.251. The Morgan fingerprint density at radius 2 is 2.00 bits per heavy atom. The van der Waals surface area contributed by atoms with Gasteiger partial charge in [0.2, 0.25) is 6.79 Å². The number of aryl methyl sites for hydroxylation is 2. The second kappa shape index (κ2) is 5.89. The number of imidazole rings is 1. The van der Waals surface area contributed by atoms with Gasteiger partial charge in [0.15, 0.2) is 11.5 Å². The Morgan fingerprint density at radius 1 is 1.21 bits per heavy atom. The molecule has 1 aromatic heterocycles. The molecule has 120 valence electrons. The van der Waals surface area contributed by atoms with Crippen LogP contribution in [0.1, 0.15) is 18.4 Å². The topological polar surface area (TPSA) is 60.1 Å². The Bertz CT molecular complexity index is 953. The Morgan fingerprint density at radius 3 is 2.79 bits per heavy atom. The number of ether oxygens (including phenoxy) is 2. The Kier molecular flexibility index (Phi) is 3.58. The lowest BCUT2D eigenvalue weighted by atomic mass is 10.1. The molecule has 0 amide bonds. The molecule has 4 rings (SSSR count). The van der Waals surface area contributed by atoms with E-state index in [2.05, 4.69) is 29.7 Å². The molecule has 0 saturated carbocycles. The Hall–Kier alpha value is -3.00. The minimum atomic E-state index is 0.251. The van der Waals surface area contributed by atoms with Crippen LogP contribution in [-0.2, 0) is 6.54 Å². The highest BCUT2D eigenvalue weighted by Crippen LogP contribution is 2.38. The maximum Gasteiger partial charge on any atom is 0.231 e. The SMILES string of the molecule is Cc1ccccc1-c1nc2cc3c(cc2n1CCCC#N)OCO3. The average Bonchev–Trinajstić information content (AvgIpc) is 3.17. The molecule has 0 bridgehead atoms. The number of fused-ring (bicyclic) bond motifs is 2. The summed E-state index contributed by atoms with van der Waals surface area (Å²) in [4.78, 5) is 4.84. The highest BCUT2D eigenvalue weighted by molar-refractivity contribution is 5.84. The van der Waals surface area contributed by atoms with Gasteiger partial charge in [0.05, 0.1) is 17.1 Å². The van der Waals surface area contributed by atoms with E-state index >= 15 is 0 Å². The normalized spacial score (nSPS) is 12.5. The van der Waals surface area contributed by atoms with Crippen molar-refractivity contribution in [2.24, 2.45) is 0 Å². The van der Waals surface area contributed by atoms with Crippen molar-refractivity contribution in [1.82, 2.24) is 9.55 Å². The van der Waals surface area contributed by atoms with E-state index in [1.54, 1.807) is 0 Å². The molecule has 5 heteroatoms. The summed E-state index contributed by atoms with van der Waals surface area (Å²) in [6.07, 6.45) is 1.31. The highest BCUT2D eigenvalue weighted by atomic mass is 16.7. The molecular formula is C19H17N3O2. The number of hydrogen-bond donors (Lipinski definition) is 0. The van der Waals surface area contributed by atoms with Gasteiger partial charge in [0.1, 0.15) is 5.82 Å². The van der Waals surface area contributed by atoms with Gasteiger partial charge in [0, 0.05) is 30.7 Å². The number of hydrogen-bond acceptors (Lipinski definition) is 4. The first-order valence-corrected chi connectivity index (χ1v) is 8.01. The van der Waals surface area contributed by atoms with Crippen molar-refractivity contribution in [2.45, 2.75) is 26.3 Å². The zero-order valence-electron chi connectivity index (χ0n) is 13.5. The molecular weight excluding hydrogens is 302 g/mol. The largest absolute Gasteiger partial charge is 0.454 e. The van der Waals surface area contributed by atoms with Crippen molar-refractivity contribution in [2.75, 3.05) is 6.79 Å². The number of unbranched alkanes of at least 4 members (excludes halogenated alkanes) is 1. The first kappa shape index (κ1) is 14.6. The van der Waals surface area contributed by atoms with Crippen molar-refractivity contribution in [3.8, 4) is 29.0 Å². The Balaban J connectivity index is 1.90. The standard InChI is InChI=1S/C19H17N3O2/c1-13-6-2-3-7-14(13)19-21-15-10-17-18(24-12-23-17)11-16(15)22(19)9-5-4-8-20/h2-3,6-7,10-11H,4-5,9,12H2,1H3. The van der Waals surface area contributed by atoms with Crippen LogP contribution in [0.15, 0.2) is 36.4 Å². The molecule has 3 aromatic rings. The molecule has 0 spiro atoms. The van der Waals surface area contributed by atoms with E-state index in [0.717, 1.165) is 46.9 Å². The zero-order chi connectivity index (χ0) is 16.5. The van der Waals surface area contributed by atoms with Crippen LogP contribution < -0.4 is 9.47 Å². The molecule has 0 radical (unpaired) electrons. The number of benzene rings is 2. The van der Waals surface area contributed by atoms with Crippen molar-refractivity contribution in [1.29, 1.82) is 5.26 Å². The summed E-state index contributed by atoms with van der Waals surface area (Å²) in [5.74, 6) is 2.41. The molecule has 24 heavy (non-hydrogen) atoms. The van der Waals surface area contributed by atoms with Crippen molar-refractivity contribution in [3.63, 3.8) is 0 Å². The fraction of sp³-hybridized carbons (Fsp3) is 0.263. The van der Waals surface area contributed by atoms with Crippen LogP contribution >= 0.6 is 0 Å². The summed E-state index contributed by atoms with van der Waals surface area (Å²) in [7, 11) is 0. The molecule has 0 aliphatic carbocycles. The second-order valence-electron chi connectivity index (χ2n) is 5.86. The lowest BCUT2D eigenvalue weighted by Gasteiger charge is -2.10. The summed E-state index contributed by atoms with van der Waals surface area (Å²) in [5.41, 5.74) is 4.17. The predicted molar refractivity (Wildman–Crippen MR) is 90.9 cm³/mol. The number of nitriles is 1. The van der Waals surface area contributed by atoms with Gasteiger partial charge in [-0.1, -0.05) is 24.3 Å². The smallest absolute Gasteiger partial charge is 0.231 e. The molecule has 0 atom stereocenters. The third-order valence-corrected chi connectivity index (χ3v) is 4.30. The van der Waals surface area contributed by atoms with E-state index in [0.29, 0.717) is 6.42 Å². The van der Waals surface area contributed by atoms with Crippen LogP contribution in [0.5, 0.6) is 11.5 Å². The molecule has 0 unspecified atom stereocenters. The van der Waals surface area contributed by atoms with Gasteiger partial charge >= 0.3 is 0 Å². The fourth-order valence-electron chi connectivity index (χ4n) is 3.09. The van der Waals surface area contributed by atoms with Gasteiger partial charge in [-0.05, 0) is 18.9 Å². The first-order chi connectivity index (χ1) is 11.8. The first-order valence-electron chi connectivity index (χ1n) is 8.01. The fourth-order valence-corrected chi connectivity index (χ4v) is 3.09. The number of aromatic nitrogens is 2. The highest BCUT2D eigenvalue weighted by Gasteiger charge is 2.20. The predicted octanol–water partition coefficient (Wildman–Crippen LogP) is 4.04. The van der Waals surface area contributed by atoms with Crippen molar-refractivity contribution in [3.05, 3.63) is 42.0 Å². The van der Waals surface area contributed by atoms with Crippen molar-refractivity contribution < 1.29 is 9.47 Å². The third kappa shape index (κ3) is 2.37. The van der Waals surface area contributed by atoms with E-state index in [1.165, 1.54) is 5.56 Å². The summed E-state index contributed by atoms with van der Waals surface area (Å²) in [6, 6.07) is 14.3. The van der Waals surface area contributed by atoms with Gasteiger partial charge in [0.25, 0.3) is 0 Å². The zero-order valence-corrected chi connectivity index (χ0v) is 13.5. The lowest BCUT2D eigenvalue weighted by Crippen LogP contribution is -2.01. The summed E-state index contributed by atoms with van der Waals surface area (Å²) in [6.45, 7) is 3.08. The third-order valence-electron chi connectivity index (χ3n) is 4.30. The van der Waals surface area contributed by atoms with Gasteiger partial charge in [-0.2, -0.15) is 5.26 Å². The number of rotatable bonds is 4. The molecule has 0 saturated heterocycles. The van der Waals surface area contributed by atoms with E-state index < -0.39 is 0 Å². The summed E-state index contributed by atoms with van der Waals surface area (Å²) in [5, 5.41) is 8.85. The maximum absolute atomic E-state index is 8.85. The van der Waals surface area contributed by atoms with Gasteiger partial charge in [-0.25, -0.2) is 4.98 Å². The quantitative estimate of drug-likeness (QED) is 0.681. The van der Waals surface area contributed by atoms with Crippen LogP contribution in [0.25, 0.3) is 22.4 Å². The van der Waals surface area contributed by atoms with Gasteiger partial charge in [-0.3, -0.25) is 0 Å². The summed E-state index contributed by atoms with van der Waals surface area (Å²) >= 11 is 0. The molecule has 2 heterocycles. The van der Waals surface area contributed by atoms with Gasteiger partial charge < -0.3 is 14.0 Å².